The minimum Gasteiger partial charge on any atom is -0.342 e. The maximum absolute atomic E-state index is 13.0. The van der Waals surface area contributed by atoms with Crippen LogP contribution in [0.5, 0.6) is 0 Å². The molecule has 3 atom stereocenters. The van der Waals surface area contributed by atoms with Gasteiger partial charge in [-0.3, -0.25) is 9.59 Å². The van der Waals surface area contributed by atoms with Gasteiger partial charge in [-0.25, -0.2) is 0 Å². The minimum absolute atomic E-state index is 0.0560. The van der Waals surface area contributed by atoms with Crippen molar-refractivity contribution in [1.82, 2.24) is 14.7 Å². The van der Waals surface area contributed by atoms with Crippen LogP contribution in [0.25, 0.3) is 0 Å². The Morgan fingerprint density at radius 2 is 1.86 bits per heavy atom. The van der Waals surface area contributed by atoms with E-state index in [-0.39, 0.29) is 17.9 Å². The van der Waals surface area contributed by atoms with Gasteiger partial charge < -0.3 is 20.4 Å². The number of nitrogens with two attached hydrogens (primary N) is 1. The number of benzene rings is 1. The molecule has 0 aliphatic carbocycles. The Balaban J connectivity index is 1.79. The molecule has 2 aliphatic rings. The summed E-state index contributed by atoms with van der Waals surface area (Å²) in [6.07, 6.45) is 2.33. The van der Waals surface area contributed by atoms with Crippen molar-refractivity contribution >= 4 is 11.8 Å². The standard InChI is InChI=1S/C22H34N4O2/c1-16-8-4-5-9-18(16)22-19-14-25(20(27)10-6-7-11-23)12-17(19)13-26(22)21(28)15-24(2)3/h4-5,8-9,17,19,22H,6-7,10-15,23H2,1-3H3/t17-,19-,22+/m1/s1. The van der Waals surface area contributed by atoms with Gasteiger partial charge >= 0.3 is 0 Å². The van der Waals surface area contributed by atoms with Crippen LogP contribution in [0, 0.1) is 18.8 Å². The van der Waals surface area contributed by atoms with Crippen LogP contribution in [0.3, 0.4) is 0 Å². The molecule has 0 unspecified atom stereocenters. The van der Waals surface area contributed by atoms with Crippen molar-refractivity contribution in [3.63, 3.8) is 0 Å². The number of aryl methyl sites for hydroxylation is 1. The lowest BCUT2D eigenvalue weighted by Crippen LogP contribution is -2.41. The monoisotopic (exact) mass is 386 g/mol. The summed E-state index contributed by atoms with van der Waals surface area (Å²) in [6, 6.07) is 8.40. The fraction of sp³-hybridized carbons (Fsp3) is 0.636. The number of likely N-dealkylation sites (N-methyl/N-ethyl adjacent to an activating group) is 1. The van der Waals surface area contributed by atoms with Gasteiger partial charge in [0, 0.05) is 37.9 Å². The molecule has 28 heavy (non-hydrogen) atoms. The molecule has 2 amide bonds. The molecule has 6 nitrogen and oxygen atoms in total. The van der Waals surface area contributed by atoms with Crippen LogP contribution in [-0.4, -0.2) is 73.3 Å². The van der Waals surface area contributed by atoms with Gasteiger partial charge in [0.05, 0.1) is 12.6 Å². The summed E-state index contributed by atoms with van der Waals surface area (Å²) in [5, 5.41) is 0. The molecule has 1 aromatic rings. The third-order valence-electron chi connectivity index (χ3n) is 6.14. The van der Waals surface area contributed by atoms with Gasteiger partial charge in [0.2, 0.25) is 11.8 Å². The smallest absolute Gasteiger partial charge is 0.237 e. The number of nitrogens with zero attached hydrogens (tertiary/aromatic N) is 3. The number of hydrogen-bond acceptors (Lipinski definition) is 4. The minimum atomic E-state index is 0.0560. The zero-order valence-corrected chi connectivity index (χ0v) is 17.4. The van der Waals surface area contributed by atoms with E-state index in [0.717, 1.165) is 32.5 Å². The zero-order valence-electron chi connectivity index (χ0n) is 17.4. The molecule has 6 heteroatoms. The van der Waals surface area contributed by atoms with Crippen LogP contribution in [-0.2, 0) is 9.59 Å². The molecule has 154 valence electrons. The van der Waals surface area contributed by atoms with Gasteiger partial charge in [0.1, 0.15) is 0 Å². The summed E-state index contributed by atoms with van der Waals surface area (Å²) in [4.78, 5) is 31.6. The van der Waals surface area contributed by atoms with E-state index < -0.39 is 0 Å². The highest BCUT2D eigenvalue weighted by Crippen LogP contribution is 2.45. The summed E-state index contributed by atoms with van der Waals surface area (Å²) >= 11 is 0. The number of amides is 2. The average Bonchev–Trinajstić information content (AvgIpc) is 3.20. The summed E-state index contributed by atoms with van der Waals surface area (Å²) in [5.74, 6) is 1.07. The van der Waals surface area contributed by atoms with E-state index in [0.29, 0.717) is 31.3 Å². The van der Waals surface area contributed by atoms with Crippen LogP contribution in [0.1, 0.15) is 36.4 Å². The molecule has 0 bridgehead atoms. The molecular formula is C22H34N4O2. The van der Waals surface area contributed by atoms with E-state index in [2.05, 4.69) is 30.0 Å². The maximum atomic E-state index is 13.0. The largest absolute Gasteiger partial charge is 0.342 e. The lowest BCUT2D eigenvalue weighted by Gasteiger charge is -2.31. The Bertz CT molecular complexity index is 706. The Morgan fingerprint density at radius 1 is 1.11 bits per heavy atom. The highest BCUT2D eigenvalue weighted by atomic mass is 16.2. The molecule has 3 rings (SSSR count). The topological polar surface area (TPSA) is 69.9 Å². The quantitative estimate of drug-likeness (QED) is 0.724. The van der Waals surface area contributed by atoms with E-state index in [1.165, 1.54) is 11.1 Å². The second-order valence-corrected chi connectivity index (χ2v) is 8.55. The molecule has 2 N–H and O–H groups in total. The molecule has 0 saturated carbocycles. The van der Waals surface area contributed by atoms with Crippen molar-refractivity contribution in [3.8, 4) is 0 Å². The first kappa shape index (κ1) is 20.8. The highest BCUT2D eigenvalue weighted by molar-refractivity contribution is 5.80. The predicted molar refractivity (Wildman–Crippen MR) is 111 cm³/mol. The maximum Gasteiger partial charge on any atom is 0.237 e. The van der Waals surface area contributed by atoms with Crippen LogP contribution < -0.4 is 5.73 Å². The first-order chi connectivity index (χ1) is 13.4. The average molecular weight is 387 g/mol. The van der Waals surface area contributed by atoms with Gasteiger partial charge in [-0.1, -0.05) is 24.3 Å². The molecule has 0 aromatic heterocycles. The summed E-state index contributed by atoms with van der Waals surface area (Å²) < 4.78 is 0. The van der Waals surface area contributed by atoms with Gasteiger partial charge in [-0.15, -0.1) is 0 Å². The molecule has 2 aliphatic heterocycles. The fourth-order valence-electron chi connectivity index (χ4n) is 4.76. The Kier molecular flexibility index (Phi) is 6.73. The van der Waals surface area contributed by atoms with E-state index in [1.807, 2.05) is 30.0 Å². The van der Waals surface area contributed by atoms with Crippen LogP contribution in [0.15, 0.2) is 24.3 Å². The van der Waals surface area contributed by atoms with Crippen LogP contribution in [0.2, 0.25) is 0 Å². The van der Waals surface area contributed by atoms with Crippen molar-refractivity contribution in [1.29, 1.82) is 0 Å². The Hall–Kier alpha value is -1.92. The molecule has 2 saturated heterocycles. The molecule has 2 heterocycles. The van der Waals surface area contributed by atoms with E-state index >= 15 is 0 Å². The summed E-state index contributed by atoms with van der Waals surface area (Å²) in [6.45, 7) is 5.42. The van der Waals surface area contributed by atoms with E-state index in [4.69, 9.17) is 5.73 Å². The second-order valence-electron chi connectivity index (χ2n) is 8.55. The number of likely N-dealkylation sites (tertiary alicyclic amines) is 2. The van der Waals surface area contributed by atoms with E-state index in [9.17, 15) is 9.59 Å². The van der Waals surface area contributed by atoms with E-state index in [1.54, 1.807) is 0 Å². The number of rotatable bonds is 7. The number of fused-ring (bicyclic) bond motifs is 1. The lowest BCUT2D eigenvalue weighted by atomic mass is 9.87. The number of carbonyl (C=O) groups is 2. The molecule has 1 aromatic carbocycles. The third-order valence-corrected chi connectivity index (χ3v) is 6.14. The normalized spacial score (nSPS) is 24.1. The molecule has 0 radical (unpaired) electrons. The van der Waals surface area contributed by atoms with Crippen molar-refractivity contribution in [3.05, 3.63) is 35.4 Å². The Morgan fingerprint density at radius 3 is 2.54 bits per heavy atom. The highest BCUT2D eigenvalue weighted by Gasteiger charge is 2.50. The van der Waals surface area contributed by atoms with Gasteiger partial charge in [0.25, 0.3) is 0 Å². The first-order valence-corrected chi connectivity index (χ1v) is 10.4. The van der Waals surface area contributed by atoms with Crippen molar-refractivity contribution in [2.75, 3.05) is 46.8 Å². The third kappa shape index (κ3) is 4.39. The molecular weight excluding hydrogens is 352 g/mol. The number of carbonyl (C=O) groups excluding carboxylic acids is 2. The van der Waals surface area contributed by atoms with Crippen molar-refractivity contribution < 1.29 is 9.59 Å². The predicted octanol–water partition coefficient (Wildman–Crippen LogP) is 1.64. The Labute approximate surface area is 168 Å². The first-order valence-electron chi connectivity index (χ1n) is 10.4. The molecule has 0 spiro atoms. The fourth-order valence-corrected chi connectivity index (χ4v) is 4.76. The van der Waals surface area contributed by atoms with Crippen molar-refractivity contribution in [2.45, 2.75) is 32.2 Å². The SMILES string of the molecule is Cc1ccccc1[C@H]1[C@@H]2CN(C(=O)CCCCN)C[C@@H]2CN1C(=O)CN(C)C. The number of unbranched alkanes of at least 4 members (excludes halogenated alkanes) is 1. The van der Waals surface area contributed by atoms with Crippen LogP contribution >= 0.6 is 0 Å². The van der Waals surface area contributed by atoms with Gasteiger partial charge in [-0.2, -0.15) is 0 Å². The molecule has 2 fully saturated rings. The summed E-state index contributed by atoms with van der Waals surface area (Å²) in [7, 11) is 3.86. The zero-order chi connectivity index (χ0) is 20.3. The second kappa shape index (κ2) is 9.05. The van der Waals surface area contributed by atoms with Gasteiger partial charge in [-0.05, 0) is 51.5 Å². The van der Waals surface area contributed by atoms with Gasteiger partial charge in [0.15, 0.2) is 0 Å². The van der Waals surface area contributed by atoms with Crippen LogP contribution in [0.4, 0.5) is 0 Å². The summed E-state index contributed by atoms with van der Waals surface area (Å²) in [5.41, 5.74) is 7.99. The van der Waals surface area contributed by atoms with Crippen molar-refractivity contribution in [2.24, 2.45) is 17.6 Å². The number of hydrogen-bond donors (Lipinski definition) is 1. The lowest BCUT2D eigenvalue weighted by molar-refractivity contribution is -0.134.